The fraction of sp³-hybridized carbons (Fsp3) is 0.962. The van der Waals surface area contributed by atoms with Gasteiger partial charge in [0.2, 0.25) is 0 Å². The van der Waals surface area contributed by atoms with Gasteiger partial charge in [-0.25, -0.2) is 0 Å². The molecule has 0 N–H and O–H groups in total. The summed E-state index contributed by atoms with van der Waals surface area (Å²) >= 11 is -2.79. The van der Waals surface area contributed by atoms with Gasteiger partial charge in [0.05, 0.1) is 0 Å². The average molecular weight is 456 g/mol. The van der Waals surface area contributed by atoms with Gasteiger partial charge in [-0.2, -0.15) is 0 Å². The maximum absolute atomic E-state index is 10.4. The van der Waals surface area contributed by atoms with Crippen LogP contribution in [0.5, 0.6) is 0 Å². The molecule has 0 atom stereocenters. The van der Waals surface area contributed by atoms with Gasteiger partial charge in [0.25, 0.3) is 0 Å². The molecule has 0 aliphatic rings. The normalized spacial score (nSPS) is 13.2. The summed E-state index contributed by atoms with van der Waals surface area (Å²) in [7, 11) is 0. The molecule has 0 aromatic rings. The molecule has 0 heterocycles. The zero-order valence-electron chi connectivity index (χ0n) is 20.2. The Morgan fingerprint density at radius 1 is 0.464 bits per heavy atom. The Labute approximate surface area is 180 Å². The van der Waals surface area contributed by atoms with Crippen molar-refractivity contribution < 1.29 is 0 Å². The Kier molecular flexibility index (Phi) is 17.9. The van der Waals surface area contributed by atoms with Crippen LogP contribution < -0.4 is 0 Å². The molecule has 0 aliphatic carbocycles. The molecule has 0 fully saturated rings. The predicted molar refractivity (Wildman–Crippen MR) is 132 cm³/mol. The minimum atomic E-state index is -2.79. The van der Waals surface area contributed by atoms with Crippen LogP contribution >= 0.6 is 0 Å². The average Bonchev–Trinajstić information content (AvgIpc) is 2.70. The first-order chi connectivity index (χ1) is 13.5. The molecule has 0 radical (unpaired) electrons. The van der Waals surface area contributed by atoms with Gasteiger partial charge in [-0.05, 0) is 0 Å². The number of hydrogen-bond acceptors (Lipinski definition) is 1. The third-order valence-electron chi connectivity index (χ3n) is 6.80. The molecular formula is C26H54AsN. The first-order valence-electron chi connectivity index (χ1n) is 13.0. The van der Waals surface area contributed by atoms with E-state index in [1.807, 2.05) is 0 Å². The van der Waals surface area contributed by atoms with Crippen LogP contribution in [0.15, 0.2) is 0 Å². The van der Waals surface area contributed by atoms with E-state index >= 15 is 0 Å². The Bertz CT molecular complexity index is 341. The van der Waals surface area contributed by atoms with Crippen molar-refractivity contribution in [1.82, 2.24) is 0 Å². The summed E-state index contributed by atoms with van der Waals surface area (Å²) in [5, 5.41) is 14.3. The molecule has 2 heteroatoms. The molecule has 0 saturated heterocycles. The van der Waals surface area contributed by atoms with Crippen molar-refractivity contribution in [2.24, 2.45) is 0 Å². The summed E-state index contributed by atoms with van der Waals surface area (Å²) in [5.74, 6) is 0. The van der Waals surface area contributed by atoms with Crippen molar-refractivity contribution >= 4 is 12.5 Å². The van der Waals surface area contributed by atoms with Gasteiger partial charge >= 0.3 is 180 Å². The second-order valence-electron chi connectivity index (χ2n) is 9.89. The molecule has 0 bridgehead atoms. The topological polar surface area (TPSA) is 23.8 Å². The number of rotatable bonds is 21. The zero-order chi connectivity index (χ0) is 21.0. The van der Waals surface area contributed by atoms with Crippen molar-refractivity contribution in [2.75, 3.05) is 0 Å². The summed E-state index contributed by atoms with van der Waals surface area (Å²) in [4.78, 5) is 3.08. The van der Waals surface area contributed by atoms with Gasteiger partial charge in [0.1, 0.15) is 0 Å². The fourth-order valence-electron chi connectivity index (χ4n) is 4.54. The molecule has 28 heavy (non-hydrogen) atoms. The van der Waals surface area contributed by atoms with Crippen LogP contribution in [0, 0.1) is 10.1 Å². The number of hydrogen-bond donors (Lipinski definition) is 0. The monoisotopic (exact) mass is 455 g/mol. The summed E-state index contributed by atoms with van der Waals surface area (Å²) in [6, 6.07) is 0. The molecule has 0 rings (SSSR count). The Hall–Kier alpha value is 0.0484. The van der Waals surface area contributed by atoms with Gasteiger partial charge in [-0.3, -0.25) is 0 Å². The van der Waals surface area contributed by atoms with Crippen molar-refractivity contribution in [3.63, 3.8) is 0 Å². The molecule has 0 aromatic carbocycles. The maximum atomic E-state index is 10.4. The number of unbranched alkanes of at least 4 members (excludes halogenated alkanes) is 15. The van der Waals surface area contributed by atoms with Gasteiger partial charge in [0, 0.05) is 0 Å². The van der Waals surface area contributed by atoms with Crippen LogP contribution in [0.3, 0.4) is 0 Å². The first kappa shape index (κ1) is 28.0. The quantitative estimate of drug-likeness (QED) is 0.125. The van der Waals surface area contributed by atoms with Gasteiger partial charge in [0.15, 0.2) is 0 Å². The SMILES string of the molecule is CCCCCCCC[As](C)(C#N)(CCCCCCCC)CCCCCCCC. The third-order valence-corrected chi connectivity index (χ3v) is 18.3. The Balaban J connectivity index is 4.54. The summed E-state index contributed by atoms with van der Waals surface area (Å²) < 4.78 is 0. The minimum absolute atomic E-state index is 1.30. The molecule has 0 saturated carbocycles. The van der Waals surface area contributed by atoms with E-state index in [2.05, 4.69) is 31.3 Å². The van der Waals surface area contributed by atoms with Crippen molar-refractivity contribution in [2.45, 2.75) is 158 Å². The second-order valence-corrected chi connectivity index (χ2v) is 22.9. The second kappa shape index (κ2) is 17.9. The summed E-state index contributed by atoms with van der Waals surface area (Å²) in [6.45, 7) is 6.87. The third kappa shape index (κ3) is 14.1. The van der Waals surface area contributed by atoms with Crippen LogP contribution in [-0.2, 0) is 0 Å². The predicted octanol–water partition coefficient (Wildman–Crippen LogP) is 10.2. The number of nitriles is 1. The van der Waals surface area contributed by atoms with Crippen LogP contribution in [0.25, 0.3) is 0 Å². The van der Waals surface area contributed by atoms with Gasteiger partial charge in [-0.15, -0.1) is 0 Å². The molecule has 168 valence electrons. The summed E-state index contributed by atoms with van der Waals surface area (Å²) in [6.07, 6.45) is 24.5. The Morgan fingerprint density at radius 3 is 0.964 bits per heavy atom. The Morgan fingerprint density at radius 2 is 0.714 bits per heavy atom. The fourth-order valence-corrected chi connectivity index (χ4v) is 13.8. The van der Waals surface area contributed by atoms with E-state index in [4.69, 9.17) is 0 Å². The van der Waals surface area contributed by atoms with E-state index in [9.17, 15) is 5.26 Å². The molecule has 0 unspecified atom stereocenters. The van der Waals surface area contributed by atoms with Crippen LogP contribution in [-0.4, -0.2) is 12.5 Å². The van der Waals surface area contributed by atoms with Gasteiger partial charge < -0.3 is 0 Å². The molecule has 0 aromatic heterocycles. The van der Waals surface area contributed by atoms with E-state index < -0.39 is 12.5 Å². The van der Waals surface area contributed by atoms with E-state index in [-0.39, 0.29) is 0 Å². The van der Waals surface area contributed by atoms with Crippen molar-refractivity contribution in [3.8, 4) is 4.86 Å². The van der Waals surface area contributed by atoms with Crippen LogP contribution in [0.4, 0.5) is 0 Å². The zero-order valence-corrected chi connectivity index (χ0v) is 22.1. The molecule has 0 amide bonds. The van der Waals surface area contributed by atoms with Crippen LogP contribution in [0.2, 0.25) is 21.3 Å². The molecule has 0 aliphatic heterocycles. The first-order valence-corrected chi connectivity index (χ1v) is 19.8. The standard InChI is InChI=1S/C26H54AsN/c1-5-8-11-14-17-20-23-27(4,26-28,24-21-18-15-12-9-6-2)25-22-19-16-13-10-7-3/h5-25H2,1-4H3. The molecule has 1 nitrogen and oxygen atoms in total. The van der Waals surface area contributed by atoms with E-state index in [0.29, 0.717) is 0 Å². The van der Waals surface area contributed by atoms with Crippen molar-refractivity contribution in [1.29, 1.82) is 5.26 Å². The van der Waals surface area contributed by atoms with Crippen molar-refractivity contribution in [3.05, 3.63) is 0 Å². The van der Waals surface area contributed by atoms with E-state index in [1.54, 1.807) is 0 Å². The molecule has 0 spiro atoms. The number of nitrogens with zero attached hydrogens (tertiary/aromatic N) is 1. The van der Waals surface area contributed by atoms with Gasteiger partial charge in [-0.1, -0.05) is 0 Å². The van der Waals surface area contributed by atoms with E-state index in [1.165, 1.54) is 131 Å². The molecular weight excluding hydrogens is 401 g/mol. The van der Waals surface area contributed by atoms with E-state index in [0.717, 1.165) is 0 Å². The summed E-state index contributed by atoms with van der Waals surface area (Å²) in [5.41, 5.74) is 2.52. The van der Waals surface area contributed by atoms with Crippen LogP contribution in [0.1, 0.15) is 136 Å².